The standard InChI is InChI=1S/C29H32Cl2N2O2S/c1-21(2)19-32-29(35)27(18-22-7-4-3-5-8-22)33(20-23-9-6-10-25(31)17-23)28(34)15-16-36-26-13-11-24(30)12-14-26/h3-14,17,21,27H,15-16,18-20H2,1-2H3,(H,32,35)/t27-/m1/s1. The van der Waals surface area contributed by atoms with Gasteiger partial charge in [-0.05, 0) is 53.4 Å². The monoisotopic (exact) mass is 542 g/mol. The Hall–Kier alpha value is -2.47. The van der Waals surface area contributed by atoms with Crippen molar-refractivity contribution in [3.05, 3.63) is 100 Å². The zero-order chi connectivity index (χ0) is 25.9. The highest BCUT2D eigenvalue weighted by atomic mass is 35.5. The second-order valence-electron chi connectivity index (χ2n) is 9.05. The lowest BCUT2D eigenvalue weighted by atomic mass is 10.0. The van der Waals surface area contributed by atoms with Crippen molar-refractivity contribution >= 4 is 46.8 Å². The smallest absolute Gasteiger partial charge is 0.243 e. The minimum atomic E-state index is -0.641. The van der Waals surface area contributed by atoms with Crippen molar-refractivity contribution in [2.75, 3.05) is 12.3 Å². The van der Waals surface area contributed by atoms with Crippen LogP contribution in [0.2, 0.25) is 10.0 Å². The summed E-state index contributed by atoms with van der Waals surface area (Å²) >= 11 is 13.8. The fourth-order valence-corrected chi connectivity index (χ4v) is 4.92. The van der Waals surface area contributed by atoms with E-state index in [1.165, 1.54) is 0 Å². The predicted octanol–water partition coefficient (Wildman–Crippen LogP) is 6.89. The number of thioether (sulfide) groups is 1. The zero-order valence-corrected chi connectivity index (χ0v) is 23.0. The van der Waals surface area contributed by atoms with Gasteiger partial charge in [-0.15, -0.1) is 11.8 Å². The minimum Gasteiger partial charge on any atom is -0.354 e. The van der Waals surface area contributed by atoms with Gasteiger partial charge in [0.25, 0.3) is 0 Å². The molecule has 0 aliphatic rings. The lowest BCUT2D eigenvalue weighted by molar-refractivity contribution is -0.141. The molecule has 0 saturated heterocycles. The number of carbonyl (C=O) groups excluding carboxylic acids is 2. The molecule has 0 aliphatic heterocycles. The van der Waals surface area contributed by atoms with E-state index in [1.807, 2.05) is 72.8 Å². The van der Waals surface area contributed by atoms with Crippen molar-refractivity contribution in [3.63, 3.8) is 0 Å². The molecule has 2 amide bonds. The van der Waals surface area contributed by atoms with Gasteiger partial charge in [-0.25, -0.2) is 0 Å². The number of amides is 2. The van der Waals surface area contributed by atoms with E-state index in [2.05, 4.69) is 19.2 Å². The molecular weight excluding hydrogens is 511 g/mol. The fourth-order valence-electron chi connectivity index (χ4n) is 3.74. The summed E-state index contributed by atoms with van der Waals surface area (Å²) in [5.41, 5.74) is 1.89. The second kappa shape index (κ2) is 14.3. The van der Waals surface area contributed by atoms with Gasteiger partial charge in [-0.2, -0.15) is 0 Å². The Kier molecular flexibility index (Phi) is 11.2. The molecule has 3 rings (SSSR count). The van der Waals surface area contributed by atoms with Gasteiger partial charge in [0.1, 0.15) is 6.04 Å². The van der Waals surface area contributed by atoms with E-state index in [-0.39, 0.29) is 11.8 Å². The van der Waals surface area contributed by atoms with Crippen LogP contribution in [0.1, 0.15) is 31.4 Å². The first-order valence-electron chi connectivity index (χ1n) is 12.1. The topological polar surface area (TPSA) is 49.4 Å². The van der Waals surface area contributed by atoms with E-state index in [0.717, 1.165) is 16.0 Å². The van der Waals surface area contributed by atoms with Gasteiger partial charge in [0.05, 0.1) is 0 Å². The van der Waals surface area contributed by atoms with Gasteiger partial charge in [-0.1, -0.05) is 79.5 Å². The maximum Gasteiger partial charge on any atom is 0.243 e. The summed E-state index contributed by atoms with van der Waals surface area (Å²) in [5, 5.41) is 4.32. The number of nitrogens with zero attached hydrogens (tertiary/aromatic N) is 1. The molecule has 1 N–H and O–H groups in total. The maximum atomic E-state index is 13.6. The summed E-state index contributed by atoms with van der Waals surface area (Å²) in [4.78, 5) is 29.8. The van der Waals surface area contributed by atoms with Crippen LogP contribution in [0.15, 0.2) is 83.8 Å². The zero-order valence-electron chi connectivity index (χ0n) is 20.6. The van der Waals surface area contributed by atoms with Crippen LogP contribution in [0, 0.1) is 5.92 Å². The molecule has 0 bridgehead atoms. The molecule has 0 saturated carbocycles. The normalized spacial score (nSPS) is 11.8. The number of nitrogens with one attached hydrogen (secondary N) is 1. The number of benzene rings is 3. The molecule has 0 unspecified atom stereocenters. The maximum absolute atomic E-state index is 13.6. The van der Waals surface area contributed by atoms with E-state index >= 15 is 0 Å². The lowest BCUT2D eigenvalue weighted by Gasteiger charge is -2.32. The van der Waals surface area contributed by atoms with E-state index in [4.69, 9.17) is 23.2 Å². The summed E-state index contributed by atoms with van der Waals surface area (Å²) in [7, 11) is 0. The SMILES string of the molecule is CC(C)CNC(=O)[C@@H](Cc1ccccc1)N(Cc1cccc(Cl)c1)C(=O)CCSc1ccc(Cl)cc1. The molecule has 0 aliphatic carbocycles. The summed E-state index contributed by atoms with van der Waals surface area (Å²) in [5.74, 6) is 0.683. The van der Waals surface area contributed by atoms with E-state index in [1.54, 1.807) is 22.7 Å². The second-order valence-corrected chi connectivity index (χ2v) is 11.1. The highest BCUT2D eigenvalue weighted by molar-refractivity contribution is 7.99. The van der Waals surface area contributed by atoms with Gasteiger partial charge in [-0.3, -0.25) is 9.59 Å². The van der Waals surface area contributed by atoms with Crippen molar-refractivity contribution in [3.8, 4) is 0 Å². The van der Waals surface area contributed by atoms with E-state index in [0.29, 0.717) is 47.6 Å². The van der Waals surface area contributed by atoms with Gasteiger partial charge >= 0.3 is 0 Å². The summed E-state index contributed by atoms with van der Waals surface area (Å²) < 4.78 is 0. The Morgan fingerprint density at radius 2 is 1.58 bits per heavy atom. The van der Waals surface area contributed by atoms with Crippen LogP contribution in [0.3, 0.4) is 0 Å². The molecule has 1 atom stereocenters. The number of rotatable bonds is 12. The van der Waals surface area contributed by atoms with Crippen LogP contribution in [-0.4, -0.2) is 35.1 Å². The minimum absolute atomic E-state index is 0.0722. The Morgan fingerprint density at radius 3 is 2.25 bits per heavy atom. The van der Waals surface area contributed by atoms with Gasteiger partial charge < -0.3 is 10.2 Å². The fraction of sp³-hybridized carbons (Fsp3) is 0.310. The number of carbonyl (C=O) groups is 2. The highest BCUT2D eigenvalue weighted by Gasteiger charge is 2.30. The van der Waals surface area contributed by atoms with Crippen molar-refractivity contribution in [2.24, 2.45) is 5.92 Å². The molecule has 0 heterocycles. The molecule has 3 aromatic rings. The third-order valence-corrected chi connectivity index (χ3v) is 7.10. The van der Waals surface area contributed by atoms with Gasteiger partial charge in [0.2, 0.25) is 11.8 Å². The Balaban J connectivity index is 1.83. The highest BCUT2D eigenvalue weighted by Crippen LogP contribution is 2.23. The summed E-state index contributed by atoms with van der Waals surface area (Å²) in [6.45, 7) is 4.96. The van der Waals surface area contributed by atoms with Crippen LogP contribution in [0.4, 0.5) is 0 Å². The Labute approximate surface area is 228 Å². The largest absolute Gasteiger partial charge is 0.354 e. The molecule has 3 aromatic carbocycles. The van der Waals surface area contributed by atoms with Crippen molar-refractivity contribution in [1.29, 1.82) is 0 Å². The lowest BCUT2D eigenvalue weighted by Crippen LogP contribution is -2.51. The average molecular weight is 544 g/mol. The van der Waals surface area contributed by atoms with Gasteiger partial charge in [0, 0.05) is 46.6 Å². The van der Waals surface area contributed by atoms with Crippen LogP contribution < -0.4 is 5.32 Å². The summed E-state index contributed by atoms with van der Waals surface area (Å²) in [6, 6.07) is 24.2. The third kappa shape index (κ3) is 9.20. The Bertz CT molecular complexity index is 1120. The predicted molar refractivity (Wildman–Crippen MR) is 151 cm³/mol. The first kappa shape index (κ1) is 28.1. The third-order valence-electron chi connectivity index (χ3n) is 5.60. The first-order valence-corrected chi connectivity index (χ1v) is 13.8. The van der Waals surface area contributed by atoms with Crippen molar-refractivity contribution < 1.29 is 9.59 Å². The van der Waals surface area contributed by atoms with Crippen LogP contribution in [0.5, 0.6) is 0 Å². The number of hydrogen-bond donors (Lipinski definition) is 1. The van der Waals surface area contributed by atoms with Crippen LogP contribution >= 0.6 is 35.0 Å². The molecule has 0 spiro atoms. The number of halogens is 2. The van der Waals surface area contributed by atoms with E-state index < -0.39 is 6.04 Å². The van der Waals surface area contributed by atoms with Gasteiger partial charge in [0.15, 0.2) is 0 Å². The first-order chi connectivity index (χ1) is 17.3. The van der Waals surface area contributed by atoms with Crippen molar-refractivity contribution in [1.82, 2.24) is 10.2 Å². The molecule has 7 heteroatoms. The Morgan fingerprint density at radius 1 is 0.889 bits per heavy atom. The molecule has 36 heavy (non-hydrogen) atoms. The molecule has 0 radical (unpaired) electrons. The molecule has 4 nitrogen and oxygen atoms in total. The average Bonchev–Trinajstić information content (AvgIpc) is 2.86. The quantitative estimate of drug-likeness (QED) is 0.253. The number of hydrogen-bond acceptors (Lipinski definition) is 3. The van der Waals surface area contributed by atoms with Crippen LogP contribution in [0.25, 0.3) is 0 Å². The summed E-state index contributed by atoms with van der Waals surface area (Å²) in [6.07, 6.45) is 0.734. The molecular formula is C29H32Cl2N2O2S. The van der Waals surface area contributed by atoms with E-state index in [9.17, 15) is 9.59 Å². The van der Waals surface area contributed by atoms with Crippen LogP contribution in [-0.2, 0) is 22.6 Å². The van der Waals surface area contributed by atoms with Crippen molar-refractivity contribution in [2.45, 2.75) is 44.2 Å². The molecule has 190 valence electrons. The molecule has 0 aromatic heterocycles. The molecule has 0 fully saturated rings.